The number of rotatable bonds is 9. The van der Waals surface area contributed by atoms with Crippen LogP contribution in [-0.4, -0.2) is 171 Å². The van der Waals surface area contributed by atoms with Crippen molar-refractivity contribution in [3.05, 3.63) is 0 Å². The average Bonchev–Trinajstić information content (AvgIpc) is 2.89. The molecule has 3 saturated heterocycles. The second-order valence-corrected chi connectivity index (χ2v) is 9.32. The Labute approximate surface area is 217 Å². The molecule has 0 aromatic carbocycles. The number of methoxy groups -OCH3 is 1. The fourth-order valence-corrected chi connectivity index (χ4v) is 4.61. The Morgan fingerprint density at radius 2 is 1.34 bits per heavy atom. The number of aliphatic hydroxyl groups is 9. The first-order chi connectivity index (χ1) is 17.9. The zero-order valence-corrected chi connectivity index (χ0v) is 20.7. The van der Waals surface area contributed by atoms with Gasteiger partial charge in [-0.25, -0.2) is 0 Å². The van der Waals surface area contributed by atoms with Crippen molar-refractivity contribution in [2.45, 2.75) is 99.0 Å². The van der Waals surface area contributed by atoms with E-state index >= 15 is 0 Å². The van der Waals surface area contributed by atoms with E-state index in [-0.39, 0.29) is 0 Å². The van der Waals surface area contributed by atoms with E-state index in [1.165, 1.54) is 7.11 Å². The van der Waals surface area contributed by atoms with E-state index in [1.54, 1.807) is 0 Å². The maximum absolute atomic E-state index is 11.7. The number of nitrogens with one attached hydrogen (secondary N) is 1. The quantitative estimate of drug-likeness (QED) is 0.126. The standard InChI is InChI=1S/C21H37NO16/c1-6(25)22-10-13(28)11(26)7(3-23)36-20(10)38-18-16(31)17(33-2)8(4-24)37-21(18)34-5-9-12(27)14(29)15(30)19(32)35-9/h7-21,23-24,26-32H,3-5H2,1-2H3,(H,22,25)/t7-,8-,9-,10-,11-,12-,13-,14+,15-,16+,17-,18+,19?,20+,21+/m1/s1. The van der Waals surface area contributed by atoms with Gasteiger partial charge in [-0.2, -0.15) is 0 Å². The van der Waals surface area contributed by atoms with Gasteiger partial charge >= 0.3 is 0 Å². The molecule has 0 aromatic rings. The summed E-state index contributed by atoms with van der Waals surface area (Å²) in [4.78, 5) is 11.7. The van der Waals surface area contributed by atoms with Gasteiger partial charge in [0.05, 0.1) is 19.8 Å². The molecule has 1 amide bonds. The molecule has 3 aliphatic rings. The van der Waals surface area contributed by atoms with E-state index in [9.17, 15) is 50.8 Å². The predicted molar refractivity (Wildman–Crippen MR) is 118 cm³/mol. The van der Waals surface area contributed by atoms with E-state index in [1.807, 2.05) is 0 Å². The monoisotopic (exact) mass is 559 g/mol. The number of carbonyl (C=O) groups excluding carboxylic acids is 1. The second-order valence-electron chi connectivity index (χ2n) is 9.32. The summed E-state index contributed by atoms with van der Waals surface area (Å²) in [5.74, 6) is -0.619. The molecule has 17 heteroatoms. The van der Waals surface area contributed by atoms with Crippen molar-refractivity contribution < 1.29 is 79.2 Å². The smallest absolute Gasteiger partial charge is 0.217 e. The minimum absolute atomic E-state index is 0.573. The summed E-state index contributed by atoms with van der Waals surface area (Å²) in [6.45, 7) is -0.785. The zero-order valence-electron chi connectivity index (χ0n) is 20.7. The molecule has 0 aliphatic carbocycles. The van der Waals surface area contributed by atoms with E-state index in [2.05, 4.69) is 5.32 Å². The predicted octanol–water partition coefficient (Wildman–Crippen LogP) is -6.78. The number of carbonyl (C=O) groups is 1. The molecule has 3 heterocycles. The van der Waals surface area contributed by atoms with Crippen molar-refractivity contribution in [1.82, 2.24) is 5.32 Å². The van der Waals surface area contributed by atoms with Crippen molar-refractivity contribution in [3.8, 4) is 0 Å². The molecule has 3 rings (SSSR count). The molecule has 15 atom stereocenters. The molecular weight excluding hydrogens is 522 g/mol. The van der Waals surface area contributed by atoms with Crippen LogP contribution in [0.1, 0.15) is 6.92 Å². The molecule has 3 aliphatic heterocycles. The molecule has 0 saturated carbocycles. The van der Waals surface area contributed by atoms with Crippen molar-refractivity contribution in [2.75, 3.05) is 26.9 Å². The van der Waals surface area contributed by atoms with E-state index in [4.69, 9.17) is 28.4 Å². The minimum Gasteiger partial charge on any atom is -0.394 e. The molecule has 0 spiro atoms. The third-order valence-electron chi connectivity index (χ3n) is 6.72. The topological polar surface area (TPSA) is 267 Å². The summed E-state index contributed by atoms with van der Waals surface area (Å²) < 4.78 is 33.0. The van der Waals surface area contributed by atoms with Crippen molar-refractivity contribution in [1.29, 1.82) is 0 Å². The molecule has 222 valence electrons. The van der Waals surface area contributed by atoms with Crippen LogP contribution in [0.4, 0.5) is 0 Å². The molecule has 0 bridgehead atoms. The van der Waals surface area contributed by atoms with Gasteiger partial charge in [-0.1, -0.05) is 0 Å². The van der Waals surface area contributed by atoms with Gasteiger partial charge in [0.15, 0.2) is 18.9 Å². The maximum Gasteiger partial charge on any atom is 0.217 e. The highest BCUT2D eigenvalue weighted by Crippen LogP contribution is 2.31. The summed E-state index contributed by atoms with van der Waals surface area (Å²) >= 11 is 0. The van der Waals surface area contributed by atoms with Crippen LogP contribution < -0.4 is 5.32 Å². The van der Waals surface area contributed by atoms with Gasteiger partial charge < -0.3 is 79.7 Å². The second kappa shape index (κ2) is 13.5. The van der Waals surface area contributed by atoms with Crippen LogP contribution >= 0.6 is 0 Å². The molecular formula is C21H37NO16. The molecule has 17 nitrogen and oxygen atoms in total. The van der Waals surface area contributed by atoms with Gasteiger partial charge in [-0.3, -0.25) is 4.79 Å². The highest BCUT2D eigenvalue weighted by molar-refractivity contribution is 5.73. The highest BCUT2D eigenvalue weighted by Gasteiger charge is 2.52. The number of ether oxygens (including phenoxy) is 6. The molecule has 38 heavy (non-hydrogen) atoms. The first-order valence-corrected chi connectivity index (χ1v) is 12.0. The number of amides is 1. The Morgan fingerprint density at radius 3 is 1.92 bits per heavy atom. The van der Waals surface area contributed by atoms with Crippen LogP contribution in [0.3, 0.4) is 0 Å². The lowest BCUT2D eigenvalue weighted by Crippen LogP contribution is -2.68. The van der Waals surface area contributed by atoms with Crippen LogP contribution in [0, 0.1) is 0 Å². The Kier molecular flexibility index (Phi) is 11.1. The highest BCUT2D eigenvalue weighted by atomic mass is 16.8. The van der Waals surface area contributed by atoms with Crippen molar-refractivity contribution in [2.24, 2.45) is 0 Å². The first-order valence-electron chi connectivity index (χ1n) is 12.0. The lowest BCUT2D eigenvalue weighted by atomic mass is 9.95. The first kappa shape index (κ1) is 31.4. The lowest BCUT2D eigenvalue weighted by Gasteiger charge is -2.48. The number of hydrogen-bond donors (Lipinski definition) is 10. The van der Waals surface area contributed by atoms with Crippen LogP contribution in [-0.2, 0) is 33.2 Å². The molecule has 3 fully saturated rings. The maximum atomic E-state index is 11.7. The zero-order chi connectivity index (χ0) is 28.3. The van der Waals surface area contributed by atoms with Gasteiger partial charge in [0.2, 0.25) is 5.91 Å². The van der Waals surface area contributed by atoms with E-state index < -0.39 is 118 Å². The Hall–Kier alpha value is -1.13. The Bertz CT molecular complexity index is 763. The van der Waals surface area contributed by atoms with Crippen LogP contribution in [0.15, 0.2) is 0 Å². The van der Waals surface area contributed by atoms with E-state index in [0.29, 0.717) is 0 Å². The minimum atomic E-state index is -1.84. The lowest BCUT2D eigenvalue weighted by molar-refractivity contribution is -0.363. The third-order valence-corrected chi connectivity index (χ3v) is 6.72. The fourth-order valence-electron chi connectivity index (χ4n) is 4.61. The van der Waals surface area contributed by atoms with Crippen molar-refractivity contribution in [3.63, 3.8) is 0 Å². The van der Waals surface area contributed by atoms with Gasteiger partial charge in [0.1, 0.15) is 73.2 Å². The van der Waals surface area contributed by atoms with Gasteiger partial charge in [-0.05, 0) is 0 Å². The molecule has 0 aromatic heterocycles. The van der Waals surface area contributed by atoms with Gasteiger partial charge in [0.25, 0.3) is 0 Å². The fraction of sp³-hybridized carbons (Fsp3) is 0.952. The number of aliphatic hydroxyl groups excluding tert-OH is 9. The van der Waals surface area contributed by atoms with Crippen molar-refractivity contribution >= 4 is 5.91 Å². The van der Waals surface area contributed by atoms with Crippen LogP contribution in [0.5, 0.6) is 0 Å². The van der Waals surface area contributed by atoms with Gasteiger partial charge in [0, 0.05) is 14.0 Å². The summed E-state index contributed by atoms with van der Waals surface area (Å²) in [6, 6.07) is -1.37. The molecule has 10 N–H and O–H groups in total. The molecule has 1 unspecified atom stereocenters. The van der Waals surface area contributed by atoms with Gasteiger partial charge in [-0.15, -0.1) is 0 Å². The Balaban J connectivity index is 1.83. The summed E-state index contributed by atoms with van der Waals surface area (Å²) in [7, 11) is 1.23. The molecule has 0 radical (unpaired) electrons. The Morgan fingerprint density at radius 1 is 0.737 bits per heavy atom. The van der Waals surface area contributed by atoms with Crippen LogP contribution in [0.2, 0.25) is 0 Å². The summed E-state index contributed by atoms with van der Waals surface area (Å²) in [5, 5.41) is 93.0. The van der Waals surface area contributed by atoms with E-state index in [0.717, 1.165) is 6.92 Å². The average molecular weight is 560 g/mol. The third kappa shape index (κ3) is 6.60. The summed E-state index contributed by atoms with van der Waals surface area (Å²) in [6.07, 6.45) is -21.5. The largest absolute Gasteiger partial charge is 0.394 e. The summed E-state index contributed by atoms with van der Waals surface area (Å²) in [5.41, 5.74) is 0. The normalized spacial score (nSPS) is 48.0. The SMILES string of the molecule is CO[C@H]1[C@H](O)[C@H](O[C@@H]2O[C@H](CO)[C@@H](O)[C@H](O)[C@H]2NC(C)=O)[C@@H](OC[C@H]2OC(O)[C@H](O)[C@@H](O)[C@@H]2O)O[C@@H]1CO. The van der Waals surface area contributed by atoms with Crippen LogP contribution in [0.25, 0.3) is 0 Å². The number of hydrogen-bond acceptors (Lipinski definition) is 16.